The molecule has 1 saturated heterocycles. The van der Waals surface area contributed by atoms with E-state index in [1.165, 1.54) is 17.4 Å². The van der Waals surface area contributed by atoms with Gasteiger partial charge in [-0.1, -0.05) is 17.4 Å². The van der Waals surface area contributed by atoms with E-state index in [0.717, 1.165) is 10.9 Å². The first-order valence-corrected chi connectivity index (χ1v) is 12.2. The van der Waals surface area contributed by atoms with Gasteiger partial charge >= 0.3 is 6.18 Å². The summed E-state index contributed by atoms with van der Waals surface area (Å²) in [5.41, 5.74) is 0.329. The monoisotopic (exact) mass is 516 g/mol. The van der Waals surface area contributed by atoms with Crippen molar-refractivity contribution in [1.82, 2.24) is 14.5 Å². The summed E-state index contributed by atoms with van der Waals surface area (Å²) in [6, 6.07) is 3.58. The number of benzene rings is 1. The van der Waals surface area contributed by atoms with Crippen LogP contribution in [0.5, 0.6) is 0 Å². The van der Waals surface area contributed by atoms with Gasteiger partial charge in [0.1, 0.15) is 21.2 Å². The normalized spacial score (nSPS) is 20.8. The lowest BCUT2D eigenvalue weighted by Crippen LogP contribution is -2.57. The van der Waals surface area contributed by atoms with Crippen molar-refractivity contribution in [2.75, 3.05) is 18.0 Å². The number of anilines is 1. The lowest BCUT2D eigenvalue weighted by Gasteiger charge is -2.48. The first kappa shape index (κ1) is 24.9. The van der Waals surface area contributed by atoms with Crippen LogP contribution in [0.4, 0.5) is 23.2 Å². The molecule has 1 aliphatic heterocycles. The van der Waals surface area contributed by atoms with E-state index in [1.54, 1.807) is 24.6 Å². The number of aromatic nitrogens is 2. The number of hydrogen-bond donors (Lipinski definition) is 0. The summed E-state index contributed by atoms with van der Waals surface area (Å²) >= 11 is 7.36. The Balaban J connectivity index is 1.68. The second-order valence-electron chi connectivity index (χ2n) is 8.77. The number of thiazole rings is 1. The predicted octanol–water partition coefficient (Wildman–Crippen LogP) is 5.55. The molecule has 3 aromatic rings. The Hall–Kier alpha value is -2.17. The van der Waals surface area contributed by atoms with Gasteiger partial charge in [0.05, 0.1) is 17.1 Å². The van der Waals surface area contributed by atoms with Gasteiger partial charge in [-0.3, -0.25) is 9.69 Å². The standard InChI is InChI=1S/C23H25ClF4N4OS/c1-12-11-32(18-8-20(33)30(4)22-21(18)29-19(9-24)34-22)13(2)10-31(12)14(3)16-6-5-15(25)7-17(16)23(26,27)28/h5-8,12-14H,9-11H2,1-4H3/t12-,13+,14?/m1/s1. The Labute approximate surface area is 203 Å². The third-order valence-electron chi connectivity index (χ3n) is 6.52. The Morgan fingerprint density at radius 3 is 2.56 bits per heavy atom. The third-order valence-corrected chi connectivity index (χ3v) is 8.06. The first-order valence-electron chi connectivity index (χ1n) is 10.9. The van der Waals surface area contributed by atoms with Gasteiger partial charge in [0.2, 0.25) is 0 Å². The second-order valence-corrected chi connectivity index (χ2v) is 10.1. The SMILES string of the molecule is CC(c1ccc(F)cc1C(F)(F)F)N1C[C@H](C)N(c2cc(=O)n(C)c3sc(CCl)nc23)C[C@H]1C. The van der Waals surface area contributed by atoms with E-state index in [-0.39, 0.29) is 29.1 Å². The number of alkyl halides is 4. The highest BCUT2D eigenvalue weighted by molar-refractivity contribution is 7.18. The minimum atomic E-state index is -4.65. The zero-order valence-electron chi connectivity index (χ0n) is 19.2. The predicted molar refractivity (Wildman–Crippen MR) is 127 cm³/mol. The summed E-state index contributed by atoms with van der Waals surface area (Å²) in [6.45, 7) is 6.57. The molecule has 2 aromatic heterocycles. The van der Waals surface area contributed by atoms with Gasteiger partial charge in [-0.15, -0.1) is 11.6 Å². The molecule has 3 atom stereocenters. The molecule has 0 saturated carbocycles. The average molecular weight is 517 g/mol. The van der Waals surface area contributed by atoms with E-state index in [9.17, 15) is 22.4 Å². The van der Waals surface area contributed by atoms with Crippen LogP contribution in [0.15, 0.2) is 29.1 Å². The fourth-order valence-corrected chi connectivity index (χ4v) is 5.87. The topological polar surface area (TPSA) is 41.4 Å². The van der Waals surface area contributed by atoms with Gasteiger partial charge in [0.25, 0.3) is 5.56 Å². The van der Waals surface area contributed by atoms with E-state index < -0.39 is 23.6 Å². The van der Waals surface area contributed by atoms with Gasteiger partial charge in [0, 0.05) is 44.3 Å². The molecule has 1 fully saturated rings. The summed E-state index contributed by atoms with van der Waals surface area (Å²) in [4.78, 5) is 22.1. The quantitative estimate of drug-likeness (QED) is 0.337. The van der Waals surface area contributed by atoms with Crippen LogP contribution in [0.2, 0.25) is 0 Å². The number of hydrogen-bond acceptors (Lipinski definition) is 5. The number of nitrogens with zero attached hydrogens (tertiary/aromatic N) is 4. The molecule has 0 radical (unpaired) electrons. The van der Waals surface area contributed by atoms with Crippen LogP contribution in [0.25, 0.3) is 10.3 Å². The minimum Gasteiger partial charge on any atom is -0.364 e. The number of aryl methyl sites for hydroxylation is 1. The maximum Gasteiger partial charge on any atom is 0.416 e. The first-order chi connectivity index (χ1) is 15.9. The lowest BCUT2D eigenvalue weighted by atomic mass is 9.96. The number of pyridine rings is 1. The summed E-state index contributed by atoms with van der Waals surface area (Å²) in [7, 11) is 1.69. The number of halogens is 5. The van der Waals surface area contributed by atoms with E-state index >= 15 is 0 Å². The molecule has 34 heavy (non-hydrogen) atoms. The molecule has 3 heterocycles. The molecule has 1 aromatic carbocycles. The zero-order valence-corrected chi connectivity index (χ0v) is 20.7. The Bertz CT molecular complexity index is 1270. The molecule has 0 bridgehead atoms. The van der Waals surface area contributed by atoms with Gasteiger partial charge in [0.15, 0.2) is 0 Å². The summed E-state index contributed by atoms with van der Waals surface area (Å²) in [5, 5.41) is 0.711. The van der Waals surface area contributed by atoms with E-state index in [0.29, 0.717) is 35.4 Å². The zero-order chi connectivity index (χ0) is 24.9. The largest absolute Gasteiger partial charge is 0.416 e. The van der Waals surface area contributed by atoms with Crippen LogP contribution >= 0.6 is 22.9 Å². The average Bonchev–Trinajstić information content (AvgIpc) is 3.21. The Morgan fingerprint density at radius 1 is 1.21 bits per heavy atom. The highest BCUT2D eigenvalue weighted by Crippen LogP contribution is 2.39. The lowest BCUT2D eigenvalue weighted by molar-refractivity contribution is -0.139. The maximum atomic E-state index is 13.6. The molecule has 0 N–H and O–H groups in total. The minimum absolute atomic E-state index is 0.0450. The van der Waals surface area contributed by atoms with Gasteiger partial charge < -0.3 is 9.47 Å². The molecule has 1 unspecified atom stereocenters. The fourth-order valence-electron chi connectivity index (χ4n) is 4.75. The number of fused-ring (bicyclic) bond motifs is 1. The summed E-state index contributed by atoms with van der Waals surface area (Å²) in [6.07, 6.45) is -4.65. The maximum absolute atomic E-state index is 13.6. The highest BCUT2D eigenvalue weighted by atomic mass is 35.5. The molecule has 0 aliphatic carbocycles. The van der Waals surface area contributed by atoms with Crippen molar-refractivity contribution in [3.63, 3.8) is 0 Å². The van der Waals surface area contributed by atoms with E-state index in [2.05, 4.69) is 9.88 Å². The van der Waals surface area contributed by atoms with Gasteiger partial charge in [-0.2, -0.15) is 13.2 Å². The van der Waals surface area contributed by atoms with Crippen LogP contribution in [0.1, 0.15) is 42.9 Å². The van der Waals surface area contributed by atoms with Crippen molar-refractivity contribution in [1.29, 1.82) is 0 Å². The molecule has 0 spiro atoms. The van der Waals surface area contributed by atoms with Crippen LogP contribution in [-0.2, 0) is 19.1 Å². The van der Waals surface area contributed by atoms with Gasteiger partial charge in [-0.25, -0.2) is 9.37 Å². The summed E-state index contributed by atoms with van der Waals surface area (Å²) < 4.78 is 56.0. The smallest absolute Gasteiger partial charge is 0.364 e. The Kier molecular flexibility index (Phi) is 6.69. The third kappa shape index (κ3) is 4.43. The number of rotatable bonds is 4. The fraction of sp³-hybridized carbons (Fsp3) is 0.478. The van der Waals surface area contributed by atoms with Crippen LogP contribution in [0, 0.1) is 5.82 Å². The number of piperazine rings is 1. The Morgan fingerprint density at radius 2 is 1.91 bits per heavy atom. The van der Waals surface area contributed by atoms with Crippen molar-refractivity contribution in [2.45, 2.75) is 51.0 Å². The van der Waals surface area contributed by atoms with E-state index in [1.807, 2.05) is 18.7 Å². The van der Waals surface area contributed by atoms with Crippen molar-refractivity contribution >= 4 is 39.0 Å². The van der Waals surface area contributed by atoms with E-state index in [4.69, 9.17) is 11.6 Å². The van der Waals surface area contributed by atoms with Crippen LogP contribution in [0.3, 0.4) is 0 Å². The molecule has 11 heteroatoms. The van der Waals surface area contributed by atoms with Gasteiger partial charge in [-0.05, 0) is 38.5 Å². The molecule has 1 aliphatic rings. The molecule has 0 amide bonds. The van der Waals surface area contributed by atoms with Crippen molar-refractivity contribution in [2.24, 2.45) is 7.05 Å². The molecule has 4 rings (SSSR count). The molecular formula is C23H25ClF4N4OS. The molecular weight excluding hydrogens is 492 g/mol. The van der Waals surface area contributed by atoms with Crippen LogP contribution in [-0.4, -0.2) is 39.6 Å². The second kappa shape index (κ2) is 9.13. The van der Waals surface area contributed by atoms with Crippen molar-refractivity contribution in [3.8, 4) is 0 Å². The highest BCUT2D eigenvalue weighted by Gasteiger charge is 2.39. The molecule has 184 valence electrons. The summed E-state index contributed by atoms with van der Waals surface area (Å²) in [5.74, 6) is -0.674. The van der Waals surface area contributed by atoms with Crippen LogP contribution < -0.4 is 10.5 Å². The molecule has 5 nitrogen and oxygen atoms in total. The van der Waals surface area contributed by atoms with Crippen molar-refractivity contribution < 1.29 is 17.6 Å². The van der Waals surface area contributed by atoms with Crippen molar-refractivity contribution in [3.05, 3.63) is 56.6 Å².